The number of hydrogen-bond acceptors (Lipinski definition) is 9. The molecule has 2 amide bonds. The summed E-state index contributed by atoms with van der Waals surface area (Å²) >= 11 is 0. The molecule has 2 aliphatic heterocycles. The minimum Gasteiger partial charge on any atom is -0.497 e. The number of carbonyl (C=O) groups excluding carboxylic acids is 3. The standard InChI is InChI=1S/C37H54N4O7/c1-9-24-29-21-41(30(24)34(43)48-37(5,6)7)33(42)31(36(2,3)4)40-35(44)47-28-17-13-15-22(28)14-11-10-12-16-26-32(46-29)39-27-20-23(45-8)18-19-25(27)38-26/h18-20,22,24,28-31H,9-17,21H2,1-8H3,(H,40,44)/t22-,24?,28-,29+,30+,31-/m1/s1. The summed E-state index contributed by atoms with van der Waals surface area (Å²) in [5.41, 5.74) is 0.692. The number of nitrogens with zero attached hydrogens (tertiary/aromatic N) is 3. The Labute approximate surface area is 284 Å². The van der Waals surface area contributed by atoms with Crippen molar-refractivity contribution in [1.82, 2.24) is 20.2 Å². The molecule has 1 N–H and O–H groups in total. The van der Waals surface area contributed by atoms with Crippen LogP contribution in [0.4, 0.5) is 4.79 Å². The lowest BCUT2D eigenvalue weighted by atomic mass is 9.85. The van der Waals surface area contributed by atoms with Crippen molar-refractivity contribution in [2.75, 3.05) is 13.7 Å². The highest BCUT2D eigenvalue weighted by Gasteiger charge is 2.52. The molecule has 11 heteroatoms. The Hall–Kier alpha value is -3.63. The summed E-state index contributed by atoms with van der Waals surface area (Å²) < 4.78 is 24.1. The number of amides is 2. The Morgan fingerprint density at radius 1 is 0.958 bits per heavy atom. The van der Waals surface area contributed by atoms with E-state index in [2.05, 4.69) is 5.32 Å². The number of hydrogen-bond donors (Lipinski definition) is 1. The lowest BCUT2D eigenvalue weighted by Gasteiger charge is -2.36. The average Bonchev–Trinajstić information content (AvgIpc) is 3.61. The first-order valence-corrected chi connectivity index (χ1v) is 17.7. The van der Waals surface area contributed by atoms with E-state index < -0.39 is 47.2 Å². The van der Waals surface area contributed by atoms with E-state index in [-0.39, 0.29) is 24.5 Å². The number of fused-ring (bicyclic) bond motifs is 5. The number of alkyl carbamates (subject to hydrolysis) is 1. The van der Waals surface area contributed by atoms with Gasteiger partial charge in [0, 0.05) is 12.0 Å². The van der Waals surface area contributed by atoms with Crippen LogP contribution in [-0.4, -0.2) is 76.4 Å². The molecule has 11 nitrogen and oxygen atoms in total. The Morgan fingerprint density at radius 3 is 2.40 bits per heavy atom. The fraction of sp³-hybridized carbons (Fsp3) is 0.703. The predicted molar refractivity (Wildman–Crippen MR) is 182 cm³/mol. The molecule has 0 radical (unpaired) electrons. The van der Waals surface area contributed by atoms with Crippen LogP contribution < -0.4 is 14.8 Å². The first-order valence-electron chi connectivity index (χ1n) is 17.7. The van der Waals surface area contributed by atoms with Gasteiger partial charge in [0.2, 0.25) is 11.8 Å². The van der Waals surface area contributed by atoms with E-state index in [0.717, 1.165) is 56.2 Å². The van der Waals surface area contributed by atoms with Gasteiger partial charge in [0.15, 0.2) is 0 Å². The van der Waals surface area contributed by atoms with Crippen LogP contribution >= 0.6 is 0 Å². The van der Waals surface area contributed by atoms with E-state index >= 15 is 0 Å². The monoisotopic (exact) mass is 666 g/mol. The third kappa shape index (κ3) is 8.14. The second-order valence-electron chi connectivity index (χ2n) is 15.7. The number of esters is 1. The molecule has 264 valence electrons. The molecular formula is C37H54N4O7. The summed E-state index contributed by atoms with van der Waals surface area (Å²) in [7, 11) is 1.61. The molecule has 1 aromatic heterocycles. The lowest BCUT2D eigenvalue weighted by molar-refractivity contribution is -0.165. The number of nitrogens with one attached hydrogen (secondary N) is 1. The molecule has 2 bridgehead atoms. The third-order valence-corrected chi connectivity index (χ3v) is 9.88. The van der Waals surface area contributed by atoms with Gasteiger partial charge >= 0.3 is 12.1 Å². The molecule has 2 aromatic rings. The fourth-order valence-corrected chi connectivity index (χ4v) is 7.43. The van der Waals surface area contributed by atoms with Crippen LogP contribution in [0.1, 0.15) is 106 Å². The first-order chi connectivity index (χ1) is 22.7. The zero-order valence-corrected chi connectivity index (χ0v) is 30.0. The van der Waals surface area contributed by atoms with Crippen LogP contribution in [0.5, 0.6) is 11.6 Å². The lowest BCUT2D eigenvalue weighted by Crippen LogP contribution is -2.58. The van der Waals surface area contributed by atoms with Crippen molar-refractivity contribution in [2.24, 2.45) is 17.3 Å². The van der Waals surface area contributed by atoms with Crippen molar-refractivity contribution >= 4 is 29.0 Å². The number of aromatic nitrogens is 2. The molecule has 48 heavy (non-hydrogen) atoms. The van der Waals surface area contributed by atoms with E-state index in [1.54, 1.807) is 12.0 Å². The van der Waals surface area contributed by atoms with Gasteiger partial charge in [-0.15, -0.1) is 0 Å². The Kier molecular flexibility index (Phi) is 10.7. The second kappa shape index (κ2) is 14.5. The Balaban J connectivity index is 1.58. The summed E-state index contributed by atoms with van der Waals surface area (Å²) in [6.45, 7) is 13.2. The zero-order valence-electron chi connectivity index (χ0n) is 30.0. The molecule has 1 saturated heterocycles. The largest absolute Gasteiger partial charge is 0.497 e. The number of ether oxygens (including phenoxy) is 4. The first kappa shape index (κ1) is 35.7. The normalized spacial score (nSPS) is 27.5. The SMILES string of the molecule is CCC1[C@@H]2CN(C(=O)[C@H](C(C)(C)C)NC(=O)O[C@@H]3CCC[C@H]3CCCCCc3nc4ccc(OC)cc4nc3O2)[C@@H]1C(=O)OC(C)(C)C. The van der Waals surface area contributed by atoms with Gasteiger partial charge in [-0.05, 0) is 89.2 Å². The second-order valence-corrected chi connectivity index (χ2v) is 15.7. The fourth-order valence-electron chi connectivity index (χ4n) is 7.43. The van der Waals surface area contributed by atoms with Gasteiger partial charge in [-0.25, -0.2) is 19.6 Å². The van der Waals surface area contributed by atoms with Crippen molar-refractivity contribution in [2.45, 2.75) is 136 Å². The van der Waals surface area contributed by atoms with Gasteiger partial charge in [0.05, 0.1) is 24.7 Å². The maximum atomic E-state index is 14.6. The van der Waals surface area contributed by atoms with Gasteiger partial charge in [-0.1, -0.05) is 40.5 Å². The van der Waals surface area contributed by atoms with Crippen LogP contribution in [-0.2, 0) is 25.5 Å². The van der Waals surface area contributed by atoms with Crippen LogP contribution in [0.2, 0.25) is 0 Å². The number of methoxy groups -OCH3 is 1. The quantitative estimate of drug-likeness (QED) is 0.371. The third-order valence-electron chi connectivity index (χ3n) is 9.88. The molecule has 3 heterocycles. The van der Waals surface area contributed by atoms with Gasteiger partial charge in [0.1, 0.15) is 41.3 Å². The highest BCUT2D eigenvalue weighted by molar-refractivity contribution is 5.91. The van der Waals surface area contributed by atoms with Crippen molar-refractivity contribution in [3.05, 3.63) is 23.9 Å². The van der Waals surface area contributed by atoms with E-state index in [1.165, 1.54) is 0 Å². The maximum Gasteiger partial charge on any atom is 0.408 e. The minimum absolute atomic E-state index is 0.118. The van der Waals surface area contributed by atoms with Gasteiger partial charge in [-0.3, -0.25) is 4.79 Å². The highest BCUT2D eigenvalue weighted by atomic mass is 16.6. The van der Waals surface area contributed by atoms with Gasteiger partial charge in [0.25, 0.3) is 0 Å². The summed E-state index contributed by atoms with van der Waals surface area (Å²) in [5.74, 6) is 0.0806. The number of benzene rings is 1. The van der Waals surface area contributed by atoms with E-state index in [4.69, 9.17) is 28.9 Å². The predicted octanol–water partition coefficient (Wildman–Crippen LogP) is 6.39. The van der Waals surface area contributed by atoms with Crippen molar-refractivity contribution in [1.29, 1.82) is 0 Å². The minimum atomic E-state index is -0.951. The van der Waals surface area contributed by atoms with Gasteiger partial charge in [-0.2, -0.15) is 0 Å². The highest BCUT2D eigenvalue weighted by Crippen LogP contribution is 2.37. The Bertz CT molecular complexity index is 1480. The Morgan fingerprint density at radius 2 is 1.71 bits per heavy atom. The molecule has 0 spiro atoms. The average molecular weight is 667 g/mol. The molecule has 1 aliphatic carbocycles. The smallest absolute Gasteiger partial charge is 0.408 e. The molecule has 3 aliphatic rings. The number of carbonyl (C=O) groups is 3. The van der Waals surface area contributed by atoms with E-state index in [0.29, 0.717) is 30.0 Å². The summed E-state index contributed by atoms with van der Waals surface area (Å²) in [4.78, 5) is 53.4. The summed E-state index contributed by atoms with van der Waals surface area (Å²) in [5, 5.41) is 2.91. The number of rotatable bonds is 3. The topological polar surface area (TPSA) is 129 Å². The van der Waals surface area contributed by atoms with Crippen LogP contribution in [0.15, 0.2) is 18.2 Å². The van der Waals surface area contributed by atoms with Crippen LogP contribution in [0.3, 0.4) is 0 Å². The zero-order chi connectivity index (χ0) is 34.8. The van der Waals surface area contributed by atoms with Gasteiger partial charge < -0.3 is 29.2 Å². The van der Waals surface area contributed by atoms with Crippen LogP contribution in [0, 0.1) is 17.3 Å². The molecule has 1 saturated carbocycles. The van der Waals surface area contributed by atoms with Crippen molar-refractivity contribution < 1.29 is 33.3 Å². The molecule has 1 unspecified atom stereocenters. The summed E-state index contributed by atoms with van der Waals surface area (Å²) in [6, 6.07) is 3.73. The van der Waals surface area contributed by atoms with E-state index in [9.17, 15) is 14.4 Å². The molecule has 5 rings (SSSR count). The molecule has 6 atom stereocenters. The van der Waals surface area contributed by atoms with Crippen LogP contribution in [0.25, 0.3) is 11.0 Å². The molecule has 1 aromatic carbocycles. The maximum absolute atomic E-state index is 14.6. The molecule has 2 fully saturated rings. The molecular weight excluding hydrogens is 612 g/mol. The summed E-state index contributed by atoms with van der Waals surface area (Å²) in [6.07, 6.45) is 6.57. The van der Waals surface area contributed by atoms with Crippen molar-refractivity contribution in [3.63, 3.8) is 0 Å². The van der Waals surface area contributed by atoms with E-state index in [1.807, 2.05) is 66.7 Å². The van der Waals surface area contributed by atoms with Crippen molar-refractivity contribution in [3.8, 4) is 11.6 Å². The number of aryl methyl sites for hydroxylation is 1.